The SMILES string of the molecule is O=C(CCc1ccccc1)Nc1cccc(-c2cn3ccnnc3n2)c1. The van der Waals surface area contributed by atoms with E-state index in [4.69, 9.17) is 0 Å². The summed E-state index contributed by atoms with van der Waals surface area (Å²) in [5, 5.41) is 10.8. The highest BCUT2D eigenvalue weighted by atomic mass is 16.1. The predicted octanol–water partition coefficient (Wildman–Crippen LogP) is 3.36. The number of imidazole rings is 1. The fourth-order valence-corrected chi connectivity index (χ4v) is 2.78. The summed E-state index contributed by atoms with van der Waals surface area (Å²) in [6.45, 7) is 0. The number of rotatable bonds is 5. The van der Waals surface area contributed by atoms with Gasteiger partial charge in [0.1, 0.15) is 0 Å². The molecule has 0 unspecified atom stereocenters. The van der Waals surface area contributed by atoms with E-state index in [1.807, 2.05) is 65.2 Å². The third kappa shape index (κ3) is 3.59. The summed E-state index contributed by atoms with van der Waals surface area (Å²) in [6.07, 6.45) is 6.46. The van der Waals surface area contributed by atoms with Crippen molar-refractivity contribution in [3.8, 4) is 11.3 Å². The molecular weight excluding hydrogens is 326 g/mol. The van der Waals surface area contributed by atoms with E-state index in [0.29, 0.717) is 12.2 Å². The van der Waals surface area contributed by atoms with Gasteiger partial charge in [0, 0.05) is 30.1 Å². The molecule has 0 saturated carbocycles. The summed E-state index contributed by atoms with van der Waals surface area (Å²) in [4.78, 5) is 16.7. The van der Waals surface area contributed by atoms with Crippen molar-refractivity contribution in [3.05, 3.63) is 78.8 Å². The van der Waals surface area contributed by atoms with Crippen LogP contribution in [0, 0.1) is 0 Å². The van der Waals surface area contributed by atoms with Gasteiger partial charge in [0.25, 0.3) is 5.78 Å². The summed E-state index contributed by atoms with van der Waals surface area (Å²) in [6, 6.07) is 17.6. The molecule has 2 aromatic heterocycles. The Morgan fingerprint density at radius 1 is 1.08 bits per heavy atom. The lowest BCUT2D eigenvalue weighted by atomic mass is 10.1. The molecule has 0 bridgehead atoms. The molecule has 128 valence electrons. The smallest absolute Gasteiger partial charge is 0.254 e. The van der Waals surface area contributed by atoms with Gasteiger partial charge in [-0.05, 0) is 24.1 Å². The molecule has 6 heteroatoms. The molecule has 0 atom stereocenters. The highest BCUT2D eigenvalue weighted by Gasteiger charge is 2.08. The summed E-state index contributed by atoms with van der Waals surface area (Å²) >= 11 is 0. The second-order valence-electron chi connectivity index (χ2n) is 5.96. The molecule has 0 aliphatic heterocycles. The van der Waals surface area contributed by atoms with Crippen LogP contribution in [0.5, 0.6) is 0 Å². The van der Waals surface area contributed by atoms with Crippen LogP contribution in [-0.2, 0) is 11.2 Å². The van der Waals surface area contributed by atoms with Gasteiger partial charge >= 0.3 is 0 Å². The second kappa shape index (κ2) is 7.14. The number of nitrogens with zero attached hydrogens (tertiary/aromatic N) is 4. The van der Waals surface area contributed by atoms with E-state index in [0.717, 1.165) is 28.9 Å². The number of aryl methyl sites for hydroxylation is 1. The molecule has 0 spiro atoms. The van der Waals surface area contributed by atoms with Gasteiger partial charge < -0.3 is 5.32 Å². The Balaban J connectivity index is 1.46. The maximum absolute atomic E-state index is 12.2. The number of hydrogen-bond donors (Lipinski definition) is 1. The monoisotopic (exact) mass is 343 g/mol. The molecule has 0 aliphatic rings. The van der Waals surface area contributed by atoms with Crippen molar-refractivity contribution < 1.29 is 4.79 Å². The Morgan fingerprint density at radius 3 is 2.81 bits per heavy atom. The van der Waals surface area contributed by atoms with E-state index < -0.39 is 0 Å². The van der Waals surface area contributed by atoms with Crippen LogP contribution < -0.4 is 5.32 Å². The number of anilines is 1. The number of fused-ring (bicyclic) bond motifs is 1. The molecule has 1 amide bonds. The third-order valence-corrected chi connectivity index (χ3v) is 4.08. The maximum Gasteiger partial charge on any atom is 0.254 e. The lowest BCUT2D eigenvalue weighted by molar-refractivity contribution is -0.116. The highest BCUT2D eigenvalue weighted by Crippen LogP contribution is 2.22. The van der Waals surface area contributed by atoms with Crippen molar-refractivity contribution in [1.29, 1.82) is 0 Å². The number of nitrogens with one attached hydrogen (secondary N) is 1. The molecule has 0 radical (unpaired) electrons. The fourth-order valence-electron chi connectivity index (χ4n) is 2.78. The van der Waals surface area contributed by atoms with Gasteiger partial charge in [-0.15, -0.1) is 5.10 Å². The van der Waals surface area contributed by atoms with Gasteiger partial charge in [-0.25, -0.2) is 4.98 Å². The number of benzene rings is 2. The summed E-state index contributed by atoms with van der Waals surface area (Å²) in [7, 11) is 0. The summed E-state index contributed by atoms with van der Waals surface area (Å²) in [5.41, 5.74) is 3.60. The highest BCUT2D eigenvalue weighted by molar-refractivity contribution is 5.91. The lowest BCUT2D eigenvalue weighted by Gasteiger charge is -2.07. The number of carbonyl (C=O) groups excluding carboxylic acids is 1. The second-order valence-corrected chi connectivity index (χ2v) is 5.96. The topological polar surface area (TPSA) is 72.2 Å². The molecule has 0 aliphatic carbocycles. The molecule has 6 nitrogen and oxygen atoms in total. The van der Waals surface area contributed by atoms with Crippen LogP contribution in [0.1, 0.15) is 12.0 Å². The zero-order valence-corrected chi connectivity index (χ0v) is 14.0. The number of aromatic nitrogens is 4. The van der Waals surface area contributed by atoms with Crippen molar-refractivity contribution in [2.24, 2.45) is 0 Å². The first kappa shape index (κ1) is 16.0. The first-order valence-electron chi connectivity index (χ1n) is 8.38. The Morgan fingerprint density at radius 2 is 1.96 bits per heavy atom. The zero-order chi connectivity index (χ0) is 17.8. The van der Waals surface area contributed by atoms with Crippen LogP contribution in [0.2, 0.25) is 0 Å². The minimum absolute atomic E-state index is 0.00753. The van der Waals surface area contributed by atoms with E-state index in [2.05, 4.69) is 20.5 Å². The normalized spacial score (nSPS) is 10.8. The van der Waals surface area contributed by atoms with E-state index in [9.17, 15) is 4.79 Å². The van der Waals surface area contributed by atoms with Gasteiger partial charge in [-0.1, -0.05) is 42.5 Å². The maximum atomic E-state index is 12.2. The summed E-state index contributed by atoms with van der Waals surface area (Å²) < 4.78 is 1.81. The van der Waals surface area contributed by atoms with Crippen molar-refractivity contribution in [3.63, 3.8) is 0 Å². The third-order valence-electron chi connectivity index (χ3n) is 4.08. The van der Waals surface area contributed by atoms with Crippen LogP contribution in [0.3, 0.4) is 0 Å². The van der Waals surface area contributed by atoms with Gasteiger partial charge in [0.15, 0.2) is 0 Å². The molecular formula is C20H17N5O. The molecule has 4 aromatic rings. The Bertz CT molecular complexity index is 1010. The number of carbonyl (C=O) groups is 1. The molecule has 26 heavy (non-hydrogen) atoms. The number of amides is 1. The average Bonchev–Trinajstić information content (AvgIpc) is 3.12. The Hall–Kier alpha value is -3.54. The van der Waals surface area contributed by atoms with Crippen LogP contribution in [0.25, 0.3) is 17.0 Å². The van der Waals surface area contributed by atoms with Crippen molar-refractivity contribution >= 4 is 17.4 Å². The standard InChI is InChI=1S/C20H17N5O/c26-19(10-9-15-5-2-1-3-6-15)22-17-8-4-7-16(13-17)18-14-25-12-11-21-24-20(25)23-18/h1-8,11-14H,9-10H2,(H,22,26). The van der Waals surface area contributed by atoms with Crippen LogP contribution >= 0.6 is 0 Å². The van der Waals surface area contributed by atoms with Gasteiger partial charge in [-0.2, -0.15) is 5.10 Å². The van der Waals surface area contributed by atoms with Gasteiger partial charge in [0.05, 0.1) is 11.9 Å². The minimum Gasteiger partial charge on any atom is -0.326 e. The quantitative estimate of drug-likeness (QED) is 0.603. The summed E-state index contributed by atoms with van der Waals surface area (Å²) in [5.74, 6) is 0.534. The van der Waals surface area contributed by atoms with Gasteiger partial charge in [-0.3, -0.25) is 9.20 Å². The van der Waals surface area contributed by atoms with Crippen molar-refractivity contribution in [1.82, 2.24) is 19.6 Å². The van der Waals surface area contributed by atoms with E-state index in [1.165, 1.54) is 0 Å². The van der Waals surface area contributed by atoms with Crippen molar-refractivity contribution in [2.75, 3.05) is 5.32 Å². The van der Waals surface area contributed by atoms with E-state index in [1.54, 1.807) is 12.4 Å². The molecule has 4 rings (SSSR count). The predicted molar refractivity (Wildman–Crippen MR) is 99.6 cm³/mol. The molecule has 2 aromatic carbocycles. The molecule has 2 heterocycles. The van der Waals surface area contributed by atoms with Crippen LogP contribution in [-0.4, -0.2) is 25.5 Å². The lowest BCUT2D eigenvalue weighted by Crippen LogP contribution is -2.12. The van der Waals surface area contributed by atoms with E-state index >= 15 is 0 Å². The molecule has 0 fully saturated rings. The molecule has 0 saturated heterocycles. The Kier molecular flexibility index (Phi) is 4.38. The number of hydrogen-bond acceptors (Lipinski definition) is 4. The van der Waals surface area contributed by atoms with Crippen LogP contribution in [0.15, 0.2) is 73.2 Å². The Labute approximate surface area is 150 Å². The minimum atomic E-state index is -0.00753. The van der Waals surface area contributed by atoms with Crippen LogP contribution in [0.4, 0.5) is 5.69 Å². The zero-order valence-electron chi connectivity index (χ0n) is 14.0. The fraction of sp³-hybridized carbons (Fsp3) is 0.100. The largest absolute Gasteiger partial charge is 0.326 e. The van der Waals surface area contributed by atoms with Crippen molar-refractivity contribution in [2.45, 2.75) is 12.8 Å². The first-order valence-corrected chi connectivity index (χ1v) is 8.38. The van der Waals surface area contributed by atoms with Gasteiger partial charge in [0.2, 0.25) is 5.91 Å². The first-order chi connectivity index (χ1) is 12.8. The average molecular weight is 343 g/mol. The molecule has 1 N–H and O–H groups in total. The van der Waals surface area contributed by atoms with E-state index in [-0.39, 0.29) is 5.91 Å².